The van der Waals surface area contributed by atoms with Crippen LogP contribution in [0, 0.1) is 0 Å². The summed E-state index contributed by atoms with van der Waals surface area (Å²) in [5, 5.41) is 0. The summed E-state index contributed by atoms with van der Waals surface area (Å²) in [5.74, 6) is 0. The van der Waals surface area contributed by atoms with Crippen molar-refractivity contribution in [2.24, 2.45) is 0 Å². The summed E-state index contributed by atoms with van der Waals surface area (Å²) in [5.41, 5.74) is 1.98. The minimum absolute atomic E-state index is 0.479. The predicted molar refractivity (Wildman–Crippen MR) is 32.9 cm³/mol. The zero-order valence-electron chi connectivity index (χ0n) is 5.21. The van der Waals surface area contributed by atoms with Gasteiger partial charge >= 0.3 is 0 Å². The fourth-order valence-corrected chi connectivity index (χ4v) is 0.437. The quantitative estimate of drug-likeness (QED) is 0.556. The third-order valence-electron chi connectivity index (χ3n) is 0.966. The summed E-state index contributed by atoms with van der Waals surface area (Å²) in [7, 11) is 0. The van der Waals surface area contributed by atoms with Gasteiger partial charge in [0, 0.05) is 5.70 Å². The molecule has 0 aliphatic carbocycles. The van der Waals surface area contributed by atoms with Crippen LogP contribution in [0.2, 0.25) is 0 Å². The Hall–Kier alpha value is -0.530. The van der Waals surface area contributed by atoms with Crippen LogP contribution in [0.5, 0.6) is 0 Å². The molecule has 0 fully saturated rings. The maximum atomic E-state index is 11.4. The van der Waals surface area contributed by atoms with Gasteiger partial charge < -0.3 is 0 Å². The van der Waals surface area contributed by atoms with Crippen LogP contribution in [0.15, 0.2) is 12.3 Å². The van der Waals surface area contributed by atoms with Crippen molar-refractivity contribution in [3.05, 3.63) is 12.3 Å². The number of halogens is 1. The molecule has 0 saturated carbocycles. The molecule has 0 heterocycles. The van der Waals surface area contributed by atoms with E-state index in [1.54, 1.807) is 0 Å². The molecule has 0 spiro atoms. The molecule has 0 unspecified atom stereocenters. The van der Waals surface area contributed by atoms with Crippen LogP contribution in [-0.4, -0.2) is 0 Å². The summed E-state index contributed by atoms with van der Waals surface area (Å²) in [4.78, 5) is 0. The Bertz CT molecular complexity index is 70.9. The maximum absolute atomic E-state index is 11.4. The molecule has 0 aromatic heterocycles. The SMILES string of the molecule is C=C(CCCC)NF. The molecule has 0 aromatic carbocycles. The molecule has 2 heteroatoms. The largest absolute Gasteiger partial charge is 0.229 e. The van der Waals surface area contributed by atoms with Crippen molar-refractivity contribution in [2.75, 3.05) is 0 Å². The number of hydrogen-bond donors (Lipinski definition) is 1. The first kappa shape index (κ1) is 7.47. The molecule has 0 atom stereocenters. The average Bonchev–Trinajstić information content (AvgIpc) is 1.83. The van der Waals surface area contributed by atoms with Gasteiger partial charge in [-0.25, -0.2) is 5.54 Å². The molecule has 1 N–H and O–H groups in total. The van der Waals surface area contributed by atoms with Gasteiger partial charge in [0.25, 0.3) is 0 Å². The topological polar surface area (TPSA) is 12.0 Å². The lowest BCUT2D eigenvalue weighted by atomic mass is 10.2. The highest BCUT2D eigenvalue weighted by atomic mass is 19.2. The standard InChI is InChI=1S/C6H12FN/c1-3-4-5-6(2)8-7/h8H,2-5H2,1H3. The lowest BCUT2D eigenvalue weighted by Crippen LogP contribution is -1.97. The average molecular weight is 117 g/mol. The van der Waals surface area contributed by atoms with E-state index >= 15 is 0 Å². The van der Waals surface area contributed by atoms with Crippen molar-refractivity contribution in [1.82, 2.24) is 5.54 Å². The second-order valence-corrected chi connectivity index (χ2v) is 1.80. The summed E-state index contributed by atoms with van der Waals surface area (Å²) < 4.78 is 11.4. The van der Waals surface area contributed by atoms with Gasteiger partial charge in [-0.2, -0.15) is 0 Å². The molecule has 0 aromatic rings. The Morgan fingerprint density at radius 2 is 2.38 bits per heavy atom. The maximum Gasteiger partial charge on any atom is 0.0358 e. The minimum Gasteiger partial charge on any atom is -0.229 e. The Morgan fingerprint density at radius 1 is 1.75 bits per heavy atom. The Labute approximate surface area is 49.5 Å². The molecule has 48 valence electrons. The van der Waals surface area contributed by atoms with E-state index < -0.39 is 0 Å². The van der Waals surface area contributed by atoms with Crippen LogP contribution in [0.1, 0.15) is 26.2 Å². The molecule has 8 heavy (non-hydrogen) atoms. The lowest BCUT2D eigenvalue weighted by Gasteiger charge is -1.96. The fraction of sp³-hybridized carbons (Fsp3) is 0.667. The number of hydrogen-bond acceptors (Lipinski definition) is 1. The van der Waals surface area contributed by atoms with Gasteiger partial charge in [0.05, 0.1) is 0 Å². The van der Waals surface area contributed by atoms with Gasteiger partial charge in [0.15, 0.2) is 0 Å². The van der Waals surface area contributed by atoms with Gasteiger partial charge in [-0.15, -0.1) is 4.48 Å². The second-order valence-electron chi connectivity index (χ2n) is 1.80. The predicted octanol–water partition coefficient (Wildman–Crippen LogP) is 2.16. The molecular formula is C6H12FN. The molecule has 0 saturated heterocycles. The summed E-state index contributed by atoms with van der Waals surface area (Å²) in [6.45, 7) is 5.49. The number of allylic oxidation sites excluding steroid dienone is 1. The monoisotopic (exact) mass is 117 g/mol. The van der Waals surface area contributed by atoms with Gasteiger partial charge in [0.1, 0.15) is 0 Å². The van der Waals surface area contributed by atoms with Crippen molar-refractivity contribution < 1.29 is 4.48 Å². The van der Waals surface area contributed by atoms with Crippen molar-refractivity contribution in [3.63, 3.8) is 0 Å². The summed E-state index contributed by atoms with van der Waals surface area (Å²) in [6.07, 6.45) is 2.84. The Morgan fingerprint density at radius 3 is 2.75 bits per heavy atom. The fourth-order valence-electron chi connectivity index (χ4n) is 0.437. The van der Waals surface area contributed by atoms with Gasteiger partial charge in [-0.05, 0) is 12.8 Å². The van der Waals surface area contributed by atoms with E-state index in [0.717, 1.165) is 19.3 Å². The van der Waals surface area contributed by atoms with Crippen molar-refractivity contribution in [1.29, 1.82) is 0 Å². The van der Waals surface area contributed by atoms with Gasteiger partial charge in [-0.1, -0.05) is 19.9 Å². The van der Waals surface area contributed by atoms with E-state index in [4.69, 9.17) is 0 Å². The molecule has 0 bridgehead atoms. The normalized spacial score (nSPS) is 8.75. The highest BCUT2D eigenvalue weighted by Gasteiger charge is 1.87. The second kappa shape index (κ2) is 4.62. The van der Waals surface area contributed by atoms with Crippen molar-refractivity contribution in [2.45, 2.75) is 26.2 Å². The van der Waals surface area contributed by atoms with Gasteiger partial charge in [0.2, 0.25) is 0 Å². The molecule has 0 aliphatic heterocycles. The van der Waals surface area contributed by atoms with Crippen LogP contribution >= 0.6 is 0 Å². The minimum atomic E-state index is 0.479. The van der Waals surface area contributed by atoms with Crippen LogP contribution in [-0.2, 0) is 0 Å². The number of rotatable bonds is 4. The van der Waals surface area contributed by atoms with Crippen molar-refractivity contribution in [3.8, 4) is 0 Å². The number of unbranched alkanes of at least 4 members (excludes halogenated alkanes) is 1. The molecule has 0 amide bonds. The Kier molecular flexibility index (Phi) is 4.32. The van der Waals surface area contributed by atoms with Crippen LogP contribution in [0.3, 0.4) is 0 Å². The highest BCUT2D eigenvalue weighted by molar-refractivity contribution is 4.86. The van der Waals surface area contributed by atoms with E-state index in [-0.39, 0.29) is 0 Å². The molecular weight excluding hydrogens is 105 g/mol. The molecule has 1 nitrogen and oxygen atoms in total. The van der Waals surface area contributed by atoms with Gasteiger partial charge in [-0.3, -0.25) is 0 Å². The zero-order valence-corrected chi connectivity index (χ0v) is 5.21. The molecule has 0 rings (SSSR count). The summed E-state index contributed by atoms with van der Waals surface area (Å²) >= 11 is 0. The third-order valence-corrected chi connectivity index (χ3v) is 0.966. The van der Waals surface area contributed by atoms with Crippen molar-refractivity contribution >= 4 is 0 Å². The third kappa shape index (κ3) is 3.65. The van der Waals surface area contributed by atoms with Crippen LogP contribution < -0.4 is 5.54 Å². The van der Waals surface area contributed by atoms with E-state index in [1.165, 1.54) is 5.54 Å². The van der Waals surface area contributed by atoms with E-state index in [9.17, 15) is 4.48 Å². The number of nitrogens with one attached hydrogen (secondary N) is 1. The summed E-state index contributed by atoms with van der Waals surface area (Å²) in [6, 6.07) is 0. The lowest BCUT2D eigenvalue weighted by molar-refractivity contribution is 0.375. The first-order chi connectivity index (χ1) is 3.81. The van der Waals surface area contributed by atoms with E-state index in [0.29, 0.717) is 5.70 Å². The first-order valence-electron chi connectivity index (χ1n) is 2.85. The molecule has 0 radical (unpaired) electrons. The zero-order chi connectivity index (χ0) is 6.41. The molecule has 0 aliphatic rings. The van der Waals surface area contributed by atoms with Crippen LogP contribution in [0.25, 0.3) is 0 Å². The first-order valence-corrected chi connectivity index (χ1v) is 2.85. The van der Waals surface area contributed by atoms with E-state index in [1.807, 2.05) is 0 Å². The van der Waals surface area contributed by atoms with E-state index in [2.05, 4.69) is 13.5 Å². The Balaban J connectivity index is 2.99. The van der Waals surface area contributed by atoms with Crippen LogP contribution in [0.4, 0.5) is 4.48 Å². The smallest absolute Gasteiger partial charge is 0.0358 e. The highest BCUT2D eigenvalue weighted by Crippen LogP contribution is 2.00.